The molecule has 0 aromatic carbocycles. The normalized spacial score (nSPS) is 26.1. The first-order valence-electron chi connectivity index (χ1n) is 9.91. The van der Waals surface area contributed by atoms with Crippen LogP contribution in [-0.2, 0) is 4.74 Å². The van der Waals surface area contributed by atoms with Gasteiger partial charge in [0.2, 0.25) is 0 Å². The summed E-state index contributed by atoms with van der Waals surface area (Å²) >= 11 is 0. The van der Waals surface area contributed by atoms with Crippen molar-refractivity contribution in [2.75, 3.05) is 59.0 Å². The standard InChI is InChI=1S/C18H34F3N5O/c1-5-22-17(23-12-14(2)26-10-11-27-13-15(26)3)25-8-6-24(7-9-25)16(4)18(19,20)21/h14-16H,5-13H2,1-4H3,(H,22,23). The lowest BCUT2D eigenvalue weighted by Crippen LogP contribution is -2.57. The van der Waals surface area contributed by atoms with Crippen LogP contribution >= 0.6 is 0 Å². The molecule has 2 aliphatic heterocycles. The lowest BCUT2D eigenvalue weighted by molar-refractivity contribution is -0.181. The lowest BCUT2D eigenvalue weighted by atomic mass is 10.2. The molecule has 158 valence electrons. The Morgan fingerprint density at radius 3 is 2.41 bits per heavy atom. The van der Waals surface area contributed by atoms with E-state index >= 15 is 0 Å². The first-order valence-corrected chi connectivity index (χ1v) is 9.91. The van der Waals surface area contributed by atoms with Crippen molar-refractivity contribution >= 4 is 5.96 Å². The fraction of sp³-hybridized carbons (Fsp3) is 0.944. The zero-order valence-corrected chi connectivity index (χ0v) is 16.9. The number of ether oxygens (including phenoxy) is 1. The van der Waals surface area contributed by atoms with Crippen LogP contribution in [0.4, 0.5) is 13.2 Å². The molecule has 0 amide bonds. The number of nitrogens with zero attached hydrogens (tertiary/aromatic N) is 4. The molecule has 2 saturated heterocycles. The maximum absolute atomic E-state index is 12.9. The number of hydrogen-bond donors (Lipinski definition) is 1. The second-order valence-electron chi connectivity index (χ2n) is 7.45. The quantitative estimate of drug-likeness (QED) is 0.568. The highest BCUT2D eigenvalue weighted by Crippen LogP contribution is 2.25. The third kappa shape index (κ3) is 6.22. The molecule has 2 aliphatic rings. The zero-order chi connectivity index (χ0) is 20.0. The Balaban J connectivity index is 1.92. The van der Waals surface area contributed by atoms with Gasteiger partial charge in [-0.3, -0.25) is 14.8 Å². The van der Waals surface area contributed by atoms with E-state index in [1.807, 2.05) is 6.92 Å². The molecule has 6 nitrogen and oxygen atoms in total. The maximum atomic E-state index is 12.9. The van der Waals surface area contributed by atoms with Crippen LogP contribution in [0.5, 0.6) is 0 Å². The molecule has 0 saturated carbocycles. The van der Waals surface area contributed by atoms with Gasteiger partial charge in [0.1, 0.15) is 6.04 Å². The van der Waals surface area contributed by atoms with Gasteiger partial charge in [-0.15, -0.1) is 0 Å². The molecule has 3 atom stereocenters. The fourth-order valence-corrected chi connectivity index (χ4v) is 3.67. The van der Waals surface area contributed by atoms with E-state index < -0.39 is 12.2 Å². The first kappa shape index (κ1) is 22.2. The van der Waals surface area contributed by atoms with E-state index in [0.29, 0.717) is 44.8 Å². The smallest absolute Gasteiger partial charge is 0.379 e. The summed E-state index contributed by atoms with van der Waals surface area (Å²) in [5.74, 6) is 0.796. The summed E-state index contributed by atoms with van der Waals surface area (Å²) in [6.07, 6.45) is -4.18. The van der Waals surface area contributed by atoms with E-state index in [0.717, 1.165) is 32.3 Å². The van der Waals surface area contributed by atoms with Crippen LogP contribution in [0.25, 0.3) is 0 Å². The summed E-state index contributed by atoms with van der Waals surface area (Å²) in [6, 6.07) is -0.731. The molecule has 1 N–H and O–H groups in total. The maximum Gasteiger partial charge on any atom is 0.403 e. The van der Waals surface area contributed by atoms with Crippen molar-refractivity contribution in [2.45, 2.75) is 52.0 Å². The average Bonchev–Trinajstić information content (AvgIpc) is 2.64. The number of nitrogens with one attached hydrogen (secondary N) is 1. The molecule has 3 unspecified atom stereocenters. The van der Waals surface area contributed by atoms with Gasteiger partial charge in [0, 0.05) is 51.4 Å². The SMILES string of the molecule is CCNC(=NCC(C)N1CCOCC1C)N1CCN(C(C)C(F)(F)F)CC1. The van der Waals surface area contributed by atoms with Gasteiger partial charge in [0.15, 0.2) is 5.96 Å². The van der Waals surface area contributed by atoms with E-state index in [-0.39, 0.29) is 0 Å². The van der Waals surface area contributed by atoms with Crippen LogP contribution in [0.1, 0.15) is 27.7 Å². The summed E-state index contributed by atoms with van der Waals surface area (Å²) in [6.45, 7) is 13.2. The van der Waals surface area contributed by atoms with Crippen molar-refractivity contribution in [3.63, 3.8) is 0 Å². The number of morpholine rings is 1. The van der Waals surface area contributed by atoms with Crippen molar-refractivity contribution in [1.29, 1.82) is 0 Å². The Hall–Kier alpha value is -1.06. The number of piperazine rings is 1. The third-order valence-corrected chi connectivity index (χ3v) is 5.46. The minimum Gasteiger partial charge on any atom is -0.379 e. The van der Waals surface area contributed by atoms with Gasteiger partial charge in [0.05, 0.1) is 19.8 Å². The van der Waals surface area contributed by atoms with Crippen LogP contribution in [0.3, 0.4) is 0 Å². The summed E-state index contributed by atoms with van der Waals surface area (Å²) in [7, 11) is 0. The van der Waals surface area contributed by atoms with E-state index in [4.69, 9.17) is 9.73 Å². The van der Waals surface area contributed by atoms with Gasteiger partial charge in [-0.2, -0.15) is 13.2 Å². The number of alkyl halides is 3. The largest absolute Gasteiger partial charge is 0.403 e. The molecular formula is C18H34F3N5O. The molecule has 0 spiro atoms. The van der Waals surface area contributed by atoms with Crippen molar-refractivity contribution in [1.82, 2.24) is 20.0 Å². The summed E-state index contributed by atoms with van der Waals surface area (Å²) < 4.78 is 44.3. The molecule has 0 aromatic rings. The van der Waals surface area contributed by atoms with Crippen molar-refractivity contribution in [3.8, 4) is 0 Å². The van der Waals surface area contributed by atoms with Gasteiger partial charge in [-0.1, -0.05) is 0 Å². The van der Waals surface area contributed by atoms with Gasteiger partial charge < -0.3 is 15.0 Å². The number of rotatable bonds is 5. The highest BCUT2D eigenvalue weighted by atomic mass is 19.4. The molecular weight excluding hydrogens is 359 g/mol. The molecule has 0 aromatic heterocycles. The molecule has 0 radical (unpaired) electrons. The van der Waals surface area contributed by atoms with Crippen LogP contribution in [0.15, 0.2) is 4.99 Å². The zero-order valence-electron chi connectivity index (χ0n) is 16.9. The average molecular weight is 393 g/mol. The highest BCUT2D eigenvalue weighted by molar-refractivity contribution is 5.80. The molecule has 27 heavy (non-hydrogen) atoms. The number of aliphatic imine (C=N–C) groups is 1. The summed E-state index contributed by atoms with van der Waals surface area (Å²) in [5.41, 5.74) is 0. The minimum atomic E-state index is -4.18. The van der Waals surface area contributed by atoms with Crippen molar-refractivity contribution in [3.05, 3.63) is 0 Å². The molecule has 2 rings (SSSR count). The second-order valence-corrected chi connectivity index (χ2v) is 7.45. The molecule has 2 fully saturated rings. The van der Waals surface area contributed by atoms with Crippen LogP contribution in [0.2, 0.25) is 0 Å². The second kappa shape index (κ2) is 9.93. The third-order valence-electron chi connectivity index (χ3n) is 5.46. The number of hydrogen-bond acceptors (Lipinski definition) is 4. The molecule has 2 heterocycles. The Morgan fingerprint density at radius 2 is 1.85 bits per heavy atom. The van der Waals surface area contributed by atoms with E-state index in [1.54, 1.807) is 0 Å². The van der Waals surface area contributed by atoms with E-state index in [2.05, 4.69) is 29.0 Å². The predicted octanol–water partition coefficient (Wildman–Crippen LogP) is 1.63. The number of halogens is 3. The number of guanidine groups is 1. The Kier molecular flexibility index (Phi) is 8.18. The van der Waals surface area contributed by atoms with Crippen LogP contribution in [-0.4, -0.2) is 104 Å². The van der Waals surface area contributed by atoms with Gasteiger partial charge in [-0.05, 0) is 27.7 Å². The first-order chi connectivity index (χ1) is 12.7. The minimum absolute atomic E-state index is 0.295. The monoisotopic (exact) mass is 393 g/mol. The van der Waals surface area contributed by atoms with Crippen molar-refractivity contribution < 1.29 is 17.9 Å². The van der Waals surface area contributed by atoms with E-state index in [9.17, 15) is 13.2 Å². The molecule has 9 heteroatoms. The van der Waals surface area contributed by atoms with E-state index in [1.165, 1.54) is 11.8 Å². The Labute approximate surface area is 160 Å². The van der Waals surface area contributed by atoms with Crippen molar-refractivity contribution in [2.24, 2.45) is 4.99 Å². The lowest BCUT2D eigenvalue weighted by Gasteiger charge is -2.40. The highest BCUT2D eigenvalue weighted by Gasteiger charge is 2.41. The van der Waals surface area contributed by atoms with Gasteiger partial charge >= 0.3 is 6.18 Å². The fourth-order valence-electron chi connectivity index (χ4n) is 3.67. The Morgan fingerprint density at radius 1 is 1.19 bits per heavy atom. The molecule has 0 aliphatic carbocycles. The summed E-state index contributed by atoms with van der Waals surface area (Å²) in [4.78, 5) is 10.7. The Bertz CT molecular complexity index is 480. The van der Waals surface area contributed by atoms with Gasteiger partial charge in [-0.25, -0.2) is 0 Å². The van der Waals surface area contributed by atoms with Gasteiger partial charge in [0.25, 0.3) is 0 Å². The summed E-state index contributed by atoms with van der Waals surface area (Å²) in [5, 5.41) is 3.29. The molecule has 0 bridgehead atoms. The predicted molar refractivity (Wildman–Crippen MR) is 101 cm³/mol. The van der Waals surface area contributed by atoms with Crippen LogP contribution in [0, 0.1) is 0 Å². The van der Waals surface area contributed by atoms with Crippen LogP contribution < -0.4 is 5.32 Å². The topological polar surface area (TPSA) is 43.3 Å².